The van der Waals surface area contributed by atoms with Gasteiger partial charge in [0.2, 0.25) is 21.8 Å². The number of carbonyl (C=O) groups excluding carboxylic acids is 2. The Bertz CT molecular complexity index is 1060. The van der Waals surface area contributed by atoms with Gasteiger partial charge in [-0.3, -0.25) is 13.9 Å². The highest BCUT2D eigenvalue weighted by Crippen LogP contribution is 2.22. The van der Waals surface area contributed by atoms with Crippen LogP contribution in [0, 0.1) is 0 Å². The first-order chi connectivity index (χ1) is 16.1. The molecule has 0 aliphatic carbocycles. The third kappa shape index (κ3) is 7.38. The van der Waals surface area contributed by atoms with Gasteiger partial charge in [-0.05, 0) is 55.3 Å². The summed E-state index contributed by atoms with van der Waals surface area (Å²) in [5, 5.41) is 2.58. The van der Waals surface area contributed by atoms with Crippen molar-refractivity contribution in [1.29, 1.82) is 0 Å². The summed E-state index contributed by atoms with van der Waals surface area (Å²) in [6.45, 7) is 2.04. The van der Waals surface area contributed by atoms with E-state index in [9.17, 15) is 18.0 Å². The number of rotatable bonds is 12. The van der Waals surface area contributed by atoms with Crippen molar-refractivity contribution in [1.82, 2.24) is 10.2 Å². The smallest absolute Gasteiger partial charge is 0.242 e. The van der Waals surface area contributed by atoms with Crippen molar-refractivity contribution in [2.75, 3.05) is 38.4 Å². The maximum Gasteiger partial charge on any atom is 0.242 e. The fourth-order valence-corrected chi connectivity index (χ4v) is 4.44. The summed E-state index contributed by atoms with van der Waals surface area (Å²) in [5.41, 5.74) is 1.34. The minimum Gasteiger partial charge on any atom is -0.497 e. The Morgan fingerprint density at radius 2 is 1.50 bits per heavy atom. The Labute approximate surface area is 201 Å². The number of anilines is 1. The number of amides is 2. The van der Waals surface area contributed by atoms with Gasteiger partial charge in [-0.25, -0.2) is 8.42 Å². The Kier molecular flexibility index (Phi) is 9.73. The molecule has 0 saturated heterocycles. The summed E-state index contributed by atoms with van der Waals surface area (Å²) < 4.78 is 36.3. The molecule has 1 atom stereocenters. The van der Waals surface area contributed by atoms with E-state index in [4.69, 9.17) is 9.47 Å². The third-order valence-corrected chi connectivity index (χ3v) is 6.63. The zero-order valence-corrected chi connectivity index (χ0v) is 21.1. The van der Waals surface area contributed by atoms with E-state index in [1.54, 1.807) is 50.4 Å². The highest BCUT2D eigenvalue weighted by Gasteiger charge is 2.26. The van der Waals surface area contributed by atoms with Crippen molar-refractivity contribution in [2.45, 2.75) is 32.4 Å². The predicted molar refractivity (Wildman–Crippen MR) is 131 cm³/mol. The van der Waals surface area contributed by atoms with Gasteiger partial charge in [0, 0.05) is 26.6 Å². The first-order valence-electron chi connectivity index (χ1n) is 10.9. The number of methoxy groups -OCH3 is 2. The predicted octanol–water partition coefficient (Wildman–Crippen LogP) is 2.41. The second-order valence-corrected chi connectivity index (χ2v) is 9.70. The summed E-state index contributed by atoms with van der Waals surface area (Å²) in [5.74, 6) is 0.790. The highest BCUT2D eigenvalue weighted by molar-refractivity contribution is 7.92. The fourth-order valence-electron chi connectivity index (χ4n) is 3.47. The first-order valence-corrected chi connectivity index (χ1v) is 12.7. The molecule has 0 heterocycles. The normalized spacial score (nSPS) is 11.9. The molecule has 0 bridgehead atoms. The minimum atomic E-state index is -3.55. The standard InChI is InChI=1S/C24H33N3O6S/c1-18(24(29)25-2)26(17-19-8-12-21(32-3)13-9-19)23(28)7-6-16-27(34(5,30)31)20-10-14-22(33-4)15-11-20/h8-15,18H,6-7,16-17H2,1-5H3,(H,25,29)/t18-/m1/s1. The van der Waals surface area contributed by atoms with Crippen LogP contribution in [0.2, 0.25) is 0 Å². The summed E-state index contributed by atoms with van der Waals surface area (Å²) in [6.07, 6.45) is 1.50. The van der Waals surface area contributed by atoms with E-state index >= 15 is 0 Å². The van der Waals surface area contributed by atoms with Crippen LogP contribution in [-0.4, -0.2) is 65.2 Å². The van der Waals surface area contributed by atoms with Crippen LogP contribution >= 0.6 is 0 Å². The maximum absolute atomic E-state index is 13.1. The summed E-state index contributed by atoms with van der Waals surface area (Å²) in [7, 11) is 1.08. The van der Waals surface area contributed by atoms with Gasteiger partial charge in [0.05, 0.1) is 26.2 Å². The van der Waals surface area contributed by atoms with E-state index in [1.165, 1.54) is 23.4 Å². The number of hydrogen-bond acceptors (Lipinski definition) is 6. The number of hydrogen-bond donors (Lipinski definition) is 1. The van der Waals surface area contributed by atoms with Crippen LogP contribution in [0.4, 0.5) is 5.69 Å². The topological polar surface area (TPSA) is 105 Å². The molecular weight excluding hydrogens is 458 g/mol. The maximum atomic E-state index is 13.1. The lowest BCUT2D eigenvalue weighted by Gasteiger charge is -2.29. The van der Waals surface area contributed by atoms with Crippen molar-refractivity contribution >= 4 is 27.5 Å². The molecule has 0 fully saturated rings. The van der Waals surface area contributed by atoms with E-state index in [0.29, 0.717) is 17.2 Å². The Morgan fingerprint density at radius 3 is 1.97 bits per heavy atom. The zero-order chi connectivity index (χ0) is 25.3. The van der Waals surface area contributed by atoms with Crippen LogP contribution < -0.4 is 19.1 Å². The summed E-state index contributed by atoms with van der Waals surface area (Å²) in [6, 6.07) is 13.3. The lowest BCUT2D eigenvalue weighted by molar-refractivity contribution is -0.140. The highest BCUT2D eigenvalue weighted by atomic mass is 32.2. The van der Waals surface area contributed by atoms with Crippen molar-refractivity contribution in [2.24, 2.45) is 0 Å². The van der Waals surface area contributed by atoms with Crippen molar-refractivity contribution in [3.05, 3.63) is 54.1 Å². The number of likely N-dealkylation sites (N-methyl/N-ethyl adjacent to an activating group) is 1. The van der Waals surface area contributed by atoms with Gasteiger partial charge < -0.3 is 19.7 Å². The quantitative estimate of drug-likeness (QED) is 0.489. The van der Waals surface area contributed by atoms with E-state index in [1.807, 2.05) is 12.1 Å². The molecule has 1 N–H and O–H groups in total. The number of nitrogens with zero attached hydrogens (tertiary/aromatic N) is 2. The molecule has 2 rings (SSSR count). The van der Waals surface area contributed by atoms with Gasteiger partial charge in [-0.15, -0.1) is 0 Å². The molecule has 0 aliphatic rings. The van der Waals surface area contributed by atoms with Crippen molar-refractivity contribution < 1.29 is 27.5 Å². The van der Waals surface area contributed by atoms with Crippen molar-refractivity contribution in [3.63, 3.8) is 0 Å². The second kappa shape index (κ2) is 12.3. The molecule has 0 saturated carbocycles. The fraction of sp³-hybridized carbons (Fsp3) is 0.417. The molecule has 0 radical (unpaired) electrons. The monoisotopic (exact) mass is 491 g/mol. The minimum absolute atomic E-state index is 0.0830. The van der Waals surface area contributed by atoms with Crippen LogP contribution in [0.1, 0.15) is 25.3 Å². The number of benzene rings is 2. The van der Waals surface area contributed by atoms with E-state index < -0.39 is 16.1 Å². The Balaban J connectivity index is 2.13. The van der Waals surface area contributed by atoms with Crippen LogP contribution in [0.5, 0.6) is 11.5 Å². The molecule has 2 amide bonds. The lowest BCUT2D eigenvalue weighted by atomic mass is 10.1. The number of ether oxygens (including phenoxy) is 2. The van der Waals surface area contributed by atoms with E-state index in [0.717, 1.165) is 11.8 Å². The van der Waals surface area contributed by atoms with Crippen LogP contribution in [-0.2, 0) is 26.2 Å². The van der Waals surface area contributed by atoms with Gasteiger partial charge in [0.1, 0.15) is 17.5 Å². The number of sulfonamides is 1. The largest absolute Gasteiger partial charge is 0.497 e. The molecule has 186 valence electrons. The molecule has 0 aromatic heterocycles. The summed E-state index contributed by atoms with van der Waals surface area (Å²) in [4.78, 5) is 26.9. The SMILES string of the molecule is CNC(=O)[C@@H](C)N(Cc1ccc(OC)cc1)C(=O)CCCN(c1ccc(OC)cc1)S(C)(=O)=O. The molecular formula is C24H33N3O6S. The summed E-state index contributed by atoms with van der Waals surface area (Å²) >= 11 is 0. The Hall–Kier alpha value is -3.27. The molecule has 0 unspecified atom stereocenters. The zero-order valence-electron chi connectivity index (χ0n) is 20.3. The molecule has 9 nitrogen and oxygen atoms in total. The average Bonchev–Trinajstić information content (AvgIpc) is 2.83. The molecule has 34 heavy (non-hydrogen) atoms. The average molecular weight is 492 g/mol. The van der Waals surface area contributed by atoms with Gasteiger partial charge in [-0.1, -0.05) is 12.1 Å². The van der Waals surface area contributed by atoms with Gasteiger partial charge in [0.15, 0.2) is 0 Å². The molecule has 0 spiro atoms. The van der Waals surface area contributed by atoms with Crippen molar-refractivity contribution in [3.8, 4) is 11.5 Å². The van der Waals surface area contributed by atoms with Crippen LogP contribution in [0.15, 0.2) is 48.5 Å². The molecule has 2 aromatic rings. The number of carbonyl (C=O) groups is 2. The molecule has 2 aromatic carbocycles. The van der Waals surface area contributed by atoms with E-state index in [2.05, 4.69) is 5.32 Å². The van der Waals surface area contributed by atoms with E-state index in [-0.39, 0.29) is 37.7 Å². The van der Waals surface area contributed by atoms with Crippen LogP contribution in [0.3, 0.4) is 0 Å². The first kappa shape index (κ1) is 27.0. The molecule has 0 aliphatic heterocycles. The lowest BCUT2D eigenvalue weighted by Crippen LogP contribution is -2.46. The molecule has 10 heteroatoms. The van der Waals surface area contributed by atoms with Crippen LogP contribution in [0.25, 0.3) is 0 Å². The number of nitrogens with one attached hydrogen (secondary N) is 1. The Morgan fingerprint density at radius 1 is 0.971 bits per heavy atom. The van der Waals surface area contributed by atoms with Gasteiger partial charge >= 0.3 is 0 Å². The van der Waals surface area contributed by atoms with Gasteiger partial charge in [-0.2, -0.15) is 0 Å². The third-order valence-electron chi connectivity index (χ3n) is 5.44. The van der Waals surface area contributed by atoms with Gasteiger partial charge in [0.25, 0.3) is 0 Å². The second-order valence-electron chi connectivity index (χ2n) is 7.80.